The molecule has 1 aliphatic heterocycles. The molecule has 1 saturated heterocycles. The molecule has 3 rings (SSSR count). The fraction of sp³-hybridized carbons (Fsp3) is 0.333. The van der Waals surface area contributed by atoms with Crippen LogP contribution in [0.25, 0.3) is 11.1 Å². The van der Waals surface area contributed by atoms with Crippen LogP contribution in [0, 0.1) is 5.95 Å². The Kier molecular flexibility index (Phi) is 4.76. The molecule has 0 saturated carbocycles. The minimum absolute atomic E-state index is 0.133. The molecule has 6 nitrogen and oxygen atoms in total. The van der Waals surface area contributed by atoms with Crippen molar-refractivity contribution in [1.29, 1.82) is 0 Å². The summed E-state index contributed by atoms with van der Waals surface area (Å²) in [5.74, 6) is -0.766. The number of ether oxygens (including phenoxy) is 1. The second-order valence-electron chi connectivity index (χ2n) is 5.12. The molecule has 0 aromatic carbocycles. The maximum absolute atomic E-state index is 13.9. The van der Waals surface area contributed by atoms with Gasteiger partial charge in [0.05, 0.1) is 6.10 Å². The predicted octanol–water partition coefficient (Wildman–Crippen LogP) is 0.817. The Balaban J connectivity index is 1.83. The molecule has 0 radical (unpaired) electrons. The quantitative estimate of drug-likeness (QED) is 0.713. The molecule has 2 aromatic rings. The number of pyridine rings is 2. The van der Waals surface area contributed by atoms with E-state index in [0.717, 1.165) is 17.3 Å². The number of aliphatic hydroxyl groups is 3. The van der Waals surface area contributed by atoms with Crippen LogP contribution in [0.1, 0.15) is 0 Å². The highest BCUT2D eigenvalue weighted by atomic mass is 32.2. The van der Waals surface area contributed by atoms with Gasteiger partial charge in [-0.25, -0.2) is 4.98 Å². The van der Waals surface area contributed by atoms with Gasteiger partial charge in [-0.3, -0.25) is 4.98 Å². The first-order valence-corrected chi connectivity index (χ1v) is 7.99. The van der Waals surface area contributed by atoms with Crippen LogP contribution in [-0.2, 0) is 0 Å². The van der Waals surface area contributed by atoms with Gasteiger partial charge >= 0.3 is 0 Å². The van der Waals surface area contributed by atoms with Crippen molar-refractivity contribution in [2.24, 2.45) is 0 Å². The Hall–Kier alpha value is -1.74. The molecule has 0 unspecified atom stereocenters. The van der Waals surface area contributed by atoms with Crippen molar-refractivity contribution >= 4 is 11.8 Å². The molecule has 1 aliphatic rings. The standard InChI is InChI=1S/C15H15FN2O4S/c16-14-11(22-15-13(21)12(20)10(19)7-23-15)4-9(6-18-14)8-2-1-3-17-5-8/h1-6,10,12-13,15,19-21H,7H2/t10-,12+,13-,15+/m1/s1. The molecule has 3 N–H and O–H groups in total. The van der Waals surface area contributed by atoms with Crippen molar-refractivity contribution in [1.82, 2.24) is 9.97 Å². The van der Waals surface area contributed by atoms with Crippen LogP contribution in [0.2, 0.25) is 0 Å². The van der Waals surface area contributed by atoms with E-state index in [-0.39, 0.29) is 11.5 Å². The smallest absolute Gasteiger partial charge is 0.255 e. The van der Waals surface area contributed by atoms with Crippen molar-refractivity contribution in [3.05, 3.63) is 42.7 Å². The highest BCUT2D eigenvalue weighted by molar-refractivity contribution is 7.99. The molecule has 0 amide bonds. The van der Waals surface area contributed by atoms with Crippen LogP contribution in [0.3, 0.4) is 0 Å². The van der Waals surface area contributed by atoms with E-state index in [9.17, 15) is 19.7 Å². The lowest BCUT2D eigenvalue weighted by atomic mass is 10.1. The van der Waals surface area contributed by atoms with Crippen molar-refractivity contribution in [3.8, 4) is 16.9 Å². The van der Waals surface area contributed by atoms with Gasteiger partial charge in [-0.05, 0) is 12.1 Å². The zero-order chi connectivity index (χ0) is 16.4. The maximum Gasteiger partial charge on any atom is 0.255 e. The van der Waals surface area contributed by atoms with E-state index in [1.807, 2.05) is 0 Å². The molecule has 122 valence electrons. The van der Waals surface area contributed by atoms with Crippen molar-refractivity contribution < 1.29 is 24.4 Å². The number of halogens is 1. The third-order valence-corrected chi connectivity index (χ3v) is 4.74. The molecular weight excluding hydrogens is 323 g/mol. The molecular formula is C15H15FN2O4S. The lowest BCUT2D eigenvalue weighted by molar-refractivity contribution is -0.0790. The summed E-state index contributed by atoms with van der Waals surface area (Å²) in [4.78, 5) is 7.65. The van der Waals surface area contributed by atoms with Gasteiger partial charge in [0.2, 0.25) is 0 Å². The third kappa shape index (κ3) is 3.45. The van der Waals surface area contributed by atoms with E-state index in [0.29, 0.717) is 5.56 Å². The van der Waals surface area contributed by atoms with Gasteiger partial charge in [0.15, 0.2) is 11.2 Å². The zero-order valence-electron chi connectivity index (χ0n) is 11.9. The number of aliphatic hydroxyl groups excluding tert-OH is 3. The number of rotatable bonds is 3. The average molecular weight is 338 g/mol. The van der Waals surface area contributed by atoms with Gasteiger partial charge in [0.1, 0.15) is 12.2 Å². The first kappa shape index (κ1) is 16.1. The number of hydrogen-bond donors (Lipinski definition) is 3. The normalized spacial score (nSPS) is 27.7. The van der Waals surface area contributed by atoms with Crippen LogP contribution in [0.4, 0.5) is 4.39 Å². The third-order valence-electron chi connectivity index (χ3n) is 3.50. The molecule has 23 heavy (non-hydrogen) atoms. The summed E-state index contributed by atoms with van der Waals surface area (Å²) >= 11 is 1.10. The van der Waals surface area contributed by atoms with E-state index >= 15 is 0 Å². The fourth-order valence-electron chi connectivity index (χ4n) is 2.21. The molecule has 0 bridgehead atoms. The topological polar surface area (TPSA) is 95.7 Å². The number of aromatic nitrogens is 2. The average Bonchev–Trinajstić information content (AvgIpc) is 2.58. The summed E-state index contributed by atoms with van der Waals surface area (Å²) < 4.78 is 19.3. The Morgan fingerprint density at radius 3 is 2.74 bits per heavy atom. The fourth-order valence-corrected chi connectivity index (χ4v) is 3.32. The second-order valence-corrected chi connectivity index (χ2v) is 6.25. The first-order valence-electron chi connectivity index (χ1n) is 6.94. The maximum atomic E-state index is 13.9. The number of hydrogen-bond acceptors (Lipinski definition) is 7. The van der Waals surface area contributed by atoms with Gasteiger partial charge in [-0.15, -0.1) is 11.8 Å². The Bertz CT molecular complexity index is 676. The van der Waals surface area contributed by atoms with Gasteiger partial charge in [0, 0.05) is 35.5 Å². The van der Waals surface area contributed by atoms with Crippen molar-refractivity contribution in [2.75, 3.05) is 5.75 Å². The van der Waals surface area contributed by atoms with E-state index in [1.165, 1.54) is 12.3 Å². The SMILES string of the molecule is O[C@@H]1[C@@H](O)[C@@H](Oc2cc(-c3cccnc3)cnc2F)SC[C@H]1O. The highest BCUT2D eigenvalue weighted by Gasteiger charge is 2.39. The van der Waals surface area contributed by atoms with Crippen LogP contribution in [-0.4, -0.2) is 54.8 Å². The summed E-state index contributed by atoms with van der Waals surface area (Å²) in [6.45, 7) is 0. The van der Waals surface area contributed by atoms with Gasteiger partial charge in [-0.1, -0.05) is 6.07 Å². The van der Waals surface area contributed by atoms with Gasteiger partial charge in [0.25, 0.3) is 5.95 Å². The number of nitrogens with zero attached hydrogens (tertiary/aromatic N) is 2. The molecule has 4 atom stereocenters. The van der Waals surface area contributed by atoms with E-state index in [1.54, 1.807) is 24.5 Å². The number of thioether (sulfide) groups is 1. The van der Waals surface area contributed by atoms with Gasteiger partial charge < -0.3 is 20.1 Å². The predicted molar refractivity (Wildman–Crippen MR) is 82.3 cm³/mol. The van der Waals surface area contributed by atoms with Crippen LogP contribution in [0.15, 0.2) is 36.8 Å². The summed E-state index contributed by atoms with van der Waals surface area (Å²) in [5.41, 5.74) is 0.469. The molecule has 3 heterocycles. The molecule has 0 spiro atoms. The largest absolute Gasteiger partial charge is 0.472 e. The molecule has 8 heteroatoms. The van der Waals surface area contributed by atoms with Crippen molar-refractivity contribution in [2.45, 2.75) is 23.7 Å². The first-order chi connectivity index (χ1) is 11.1. The zero-order valence-corrected chi connectivity index (χ0v) is 12.7. The van der Waals surface area contributed by atoms with E-state index in [4.69, 9.17) is 4.74 Å². The second kappa shape index (κ2) is 6.79. The molecule has 0 aliphatic carbocycles. The minimum Gasteiger partial charge on any atom is -0.472 e. The minimum atomic E-state index is -1.33. The lowest BCUT2D eigenvalue weighted by Gasteiger charge is -2.34. The summed E-state index contributed by atoms with van der Waals surface area (Å²) in [5, 5.41) is 29.1. The molecule has 1 fully saturated rings. The van der Waals surface area contributed by atoms with E-state index < -0.39 is 29.7 Å². The van der Waals surface area contributed by atoms with E-state index in [2.05, 4.69) is 9.97 Å². The summed E-state index contributed by atoms with van der Waals surface area (Å²) in [7, 11) is 0. The summed E-state index contributed by atoms with van der Waals surface area (Å²) in [6.07, 6.45) is 0.897. The van der Waals surface area contributed by atoms with Crippen molar-refractivity contribution in [3.63, 3.8) is 0 Å². The Labute approximate surface area is 136 Å². The van der Waals surface area contributed by atoms with Crippen LogP contribution < -0.4 is 4.74 Å². The highest BCUT2D eigenvalue weighted by Crippen LogP contribution is 2.31. The Morgan fingerprint density at radius 1 is 1.17 bits per heavy atom. The van der Waals surface area contributed by atoms with Gasteiger partial charge in [-0.2, -0.15) is 4.39 Å². The Morgan fingerprint density at radius 2 is 2.00 bits per heavy atom. The lowest BCUT2D eigenvalue weighted by Crippen LogP contribution is -2.50. The van der Waals surface area contributed by atoms with Crippen LogP contribution >= 0.6 is 11.8 Å². The summed E-state index contributed by atoms with van der Waals surface area (Å²) in [6, 6.07) is 5.01. The van der Waals surface area contributed by atoms with Crippen LogP contribution in [0.5, 0.6) is 5.75 Å². The monoisotopic (exact) mass is 338 g/mol. The molecule has 2 aromatic heterocycles.